The van der Waals surface area contributed by atoms with Crippen LogP contribution in [0.2, 0.25) is 0 Å². The second-order valence-corrected chi connectivity index (χ2v) is 8.73. The number of rotatable bonds is 18. The van der Waals surface area contributed by atoms with Crippen molar-refractivity contribution in [2.75, 3.05) is 0 Å². The molecule has 0 unspecified atom stereocenters. The van der Waals surface area contributed by atoms with E-state index in [1.807, 2.05) is 0 Å². The van der Waals surface area contributed by atoms with Gasteiger partial charge in [-0.1, -0.05) is 116 Å². The predicted molar refractivity (Wildman–Crippen MR) is 118 cm³/mol. The van der Waals surface area contributed by atoms with Crippen LogP contribution in [-0.4, -0.2) is 11.9 Å². The van der Waals surface area contributed by atoms with E-state index in [9.17, 15) is 4.79 Å². The maximum Gasteiger partial charge on any atom is 0.234 e. The molecule has 1 amide bonds. The van der Waals surface area contributed by atoms with E-state index in [1.165, 1.54) is 122 Å². The van der Waals surface area contributed by atoms with Crippen molar-refractivity contribution in [1.29, 1.82) is 0 Å². The summed E-state index contributed by atoms with van der Waals surface area (Å²) in [5, 5.41) is 0. The van der Waals surface area contributed by atoms with Crippen molar-refractivity contribution in [1.82, 2.24) is 10.9 Å². The van der Waals surface area contributed by atoms with E-state index in [1.54, 1.807) is 0 Å². The first-order valence-corrected chi connectivity index (χ1v) is 12.4. The van der Waals surface area contributed by atoms with Crippen molar-refractivity contribution >= 4 is 5.91 Å². The van der Waals surface area contributed by atoms with Gasteiger partial charge in [0.1, 0.15) is 0 Å². The Labute approximate surface area is 169 Å². The van der Waals surface area contributed by atoms with Crippen molar-refractivity contribution in [2.24, 2.45) is 0 Å². The standard InChI is InChI=1S/C24H48N2O/c1-2-3-4-5-6-7-8-9-10-11-12-13-14-15-19-22-24(27)26-25-23-20-17-16-18-21-23/h23,25H,2-22H2,1H3,(H,26,27). The first kappa shape index (κ1) is 24.5. The SMILES string of the molecule is CCCCCCCCCCCCCCCCCC(=O)NNC1CCCCC1. The largest absolute Gasteiger partial charge is 0.291 e. The Morgan fingerprint density at radius 3 is 1.59 bits per heavy atom. The van der Waals surface area contributed by atoms with Crippen LogP contribution in [0.4, 0.5) is 0 Å². The molecule has 0 bridgehead atoms. The molecule has 0 heterocycles. The predicted octanol–water partition coefficient (Wildman–Crippen LogP) is 7.20. The molecule has 160 valence electrons. The van der Waals surface area contributed by atoms with E-state index in [-0.39, 0.29) is 5.91 Å². The molecule has 0 atom stereocenters. The van der Waals surface area contributed by atoms with Gasteiger partial charge in [-0.3, -0.25) is 10.2 Å². The van der Waals surface area contributed by atoms with Gasteiger partial charge in [0.25, 0.3) is 0 Å². The minimum Gasteiger partial charge on any atom is -0.291 e. The van der Waals surface area contributed by atoms with Crippen LogP contribution in [0.5, 0.6) is 0 Å². The number of carbonyl (C=O) groups excluding carboxylic acids is 1. The number of hydrogen-bond donors (Lipinski definition) is 2. The molecule has 0 spiro atoms. The molecule has 1 rings (SSSR count). The van der Waals surface area contributed by atoms with Crippen molar-refractivity contribution in [3.8, 4) is 0 Å². The quantitative estimate of drug-likeness (QED) is 0.195. The average molecular weight is 381 g/mol. The van der Waals surface area contributed by atoms with Gasteiger partial charge in [-0.15, -0.1) is 0 Å². The molecule has 0 aromatic heterocycles. The van der Waals surface area contributed by atoms with E-state index >= 15 is 0 Å². The van der Waals surface area contributed by atoms with Crippen LogP contribution >= 0.6 is 0 Å². The Hall–Kier alpha value is -0.570. The molecule has 0 radical (unpaired) electrons. The lowest BCUT2D eigenvalue weighted by atomic mass is 9.96. The fourth-order valence-electron chi connectivity index (χ4n) is 4.15. The van der Waals surface area contributed by atoms with E-state index < -0.39 is 0 Å². The number of carbonyl (C=O) groups is 1. The van der Waals surface area contributed by atoms with Crippen molar-refractivity contribution in [3.63, 3.8) is 0 Å². The third-order valence-corrected chi connectivity index (χ3v) is 6.03. The number of hydrazine groups is 1. The summed E-state index contributed by atoms with van der Waals surface area (Å²) in [5.41, 5.74) is 6.14. The highest BCUT2D eigenvalue weighted by atomic mass is 16.2. The highest BCUT2D eigenvalue weighted by Gasteiger charge is 2.13. The molecule has 0 saturated heterocycles. The molecule has 1 saturated carbocycles. The Morgan fingerprint density at radius 1 is 0.667 bits per heavy atom. The van der Waals surface area contributed by atoms with Crippen LogP contribution in [0.25, 0.3) is 0 Å². The summed E-state index contributed by atoms with van der Waals surface area (Å²) in [7, 11) is 0. The zero-order chi connectivity index (χ0) is 19.4. The van der Waals surface area contributed by atoms with Gasteiger partial charge >= 0.3 is 0 Å². The van der Waals surface area contributed by atoms with Gasteiger partial charge in [-0.05, 0) is 19.3 Å². The minimum absolute atomic E-state index is 0.176. The fourth-order valence-corrected chi connectivity index (χ4v) is 4.15. The van der Waals surface area contributed by atoms with Gasteiger partial charge in [0.2, 0.25) is 5.91 Å². The number of amides is 1. The Kier molecular flexibility index (Phi) is 17.0. The summed E-state index contributed by atoms with van der Waals surface area (Å²) in [6, 6.07) is 0.503. The molecule has 0 aromatic rings. The molecule has 27 heavy (non-hydrogen) atoms. The topological polar surface area (TPSA) is 41.1 Å². The summed E-state index contributed by atoms with van der Waals surface area (Å²) in [4.78, 5) is 11.8. The lowest BCUT2D eigenvalue weighted by molar-refractivity contribution is -0.122. The van der Waals surface area contributed by atoms with Gasteiger partial charge in [0.15, 0.2) is 0 Å². The first-order valence-electron chi connectivity index (χ1n) is 12.4. The maximum absolute atomic E-state index is 11.8. The molecule has 1 aliphatic rings. The zero-order valence-electron chi connectivity index (χ0n) is 18.3. The van der Waals surface area contributed by atoms with Gasteiger partial charge in [0, 0.05) is 12.5 Å². The summed E-state index contributed by atoms with van der Waals surface area (Å²) < 4.78 is 0. The van der Waals surface area contributed by atoms with Crippen molar-refractivity contribution in [3.05, 3.63) is 0 Å². The monoisotopic (exact) mass is 380 g/mol. The molecule has 1 fully saturated rings. The van der Waals surface area contributed by atoms with Gasteiger partial charge in [-0.2, -0.15) is 0 Å². The summed E-state index contributed by atoms with van der Waals surface area (Å²) in [6.45, 7) is 2.28. The number of hydrogen-bond acceptors (Lipinski definition) is 2. The molecule has 3 heteroatoms. The van der Waals surface area contributed by atoms with Crippen LogP contribution in [-0.2, 0) is 4.79 Å². The van der Waals surface area contributed by atoms with E-state index in [0.717, 1.165) is 6.42 Å². The molecular formula is C24H48N2O. The van der Waals surface area contributed by atoms with Crippen LogP contribution < -0.4 is 10.9 Å². The third kappa shape index (κ3) is 16.1. The summed E-state index contributed by atoms with van der Waals surface area (Å²) in [6.07, 6.45) is 27.6. The normalized spacial score (nSPS) is 15.1. The van der Waals surface area contributed by atoms with Crippen LogP contribution in [0.15, 0.2) is 0 Å². The Morgan fingerprint density at radius 2 is 1.11 bits per heavy atom. The van der Waals surface area contributed by atoms with Gasteiger partial charge in [0.05, 0.1) is 0 Å². The van der Waals surface area contributed by atoms with Crippen LogP contribution in [0, 0.1) is 0 Å². The molecule has 0 aliphatic heterocycles. The lowest BCUT2D eigenvalue weighted by Crippen LogP contribution is -2.45. The zero-order valence-corrected chi connectivity index (χ0v) is 18.3. The van der Waals surface area contributed by atoms with Crippen molar-refractivity contribution in [2.45, 2.75) is 148 Å². The third-order valence-electron chi connectivity index (χ3n) is 6.03. The summed E-state index contributed by atoms with van der Waals surface area (Å²) in [5.74, 6) is 0.176. The average Bonchev–Trinajstić information content (AvgIpc) is 2.70. The summed E-state index contributed by atoms with van der Waals surface area (Å²) >= 11 is 0. The fraction of sp³-hybridized carbons (Fsp3) is 0.958. The molecule has 1 aliphatic carbocycles. The second kappa shape index (κ2) is 18.8. The van der Waals surface area contributed by atoms with Crippen LogP contribution in [0.3, 0.4) is 0 Å². The number of unbranched alkanes of at least 4 members (excludes halogenated alkanes) is 14. The lowest BCUT2D eigenvalue weighted by Gasteiger charge is -2.22. The van der Waals surface area contributed by atoms with E-state index in [0.29, 0.717) is 12.5 Å². The maximum atomic E-state index is 11.8. The molecular weight excluding hydrogens is 332 g/mol. The van der Waals surface area contributed by atoms with Gasteiger partial charge < -0.3 is 0 Å². The molecule has 2 N–H and O–H groups in total. The van der Waals surface area contributed by atoms with Crippen molar-refractivity contribution < 1.29 is 4.79 Å². The van der Waals surface area contributed by atoms with Crippen LogP contribution in [0.1, 0.15) is 142 Å². The first-order chi connectivity index (χ1) is 13.3. The Bertz CT molecular complexity index is 326. The highest BCUT2D eigenvalue weighted by Crippen LogP contribution is 2.17. The van der Waals surface area contributed by atoms with E-state index in [4.69, 9.17) is 0 Å². The van der Waals surface area contributed by atoms with Gasteiger partial charge in [-0.25, -0.2) is 5.43 Å². The molecule has 3 nitrogen and oxygen atoms in total. The second-order valence-electron chi connectivity index (χ2n) is 8.73. The van der Waals surface area contributed by atoms with E-state index in [2.05, 4.69) is 17.8 Å². The highest BCUT2D eigenvalue weighted by molar-refractivity contribution is 5.75. The smallest absolute Gasteiger partial charge is 0.234 e. The number of nitrogens with one attached hydrogen (secondary N) is 2. The minimum atomic E-state index is 0.176. The Balaban J connectivity index is 1.73. The molecule has 0 aromatic carbocycles.